The second-order valence-electron chi connectivity index (χ2n) is 8.13. The van der Waals surface area contributed by atoms with Crippen molar-refractivity contribution in [3.05, 3.63) is 94.8 Å². The van der Waals surface area contributed by atoms with Crippen LogP contribution in [0.1, 0.15) is 28.1 Å². The van der Waals surface area contributed by atoms with Crippen molar-refractivity contribution in [3.63, 3.8) is 0 Å². The van der Waals surface area contributed by atoms with Crippen molar-refractivity contribution in [2.45, 2.75) is 27.7 Å². The molecular formula is C27H26N4O2. The number of fused-ring (bicyclic) bond motifs is 1. The number of carbonyl (C=O) groups is 2. The summed E-state index contributed by atoms with van der Waals surface area (Å²) in [7, 11) is 0. The van der Waals surface area contributed by atoms with E-state index in [9.17, 15) is 9.59 Å². The van der Waals surface area contributed by atoms with Crippen molar-refractivity contribution in [3.8, 4) is 5.69 Å². The Labute approximate surface area is 192 Å². The summed E-state index contributed by atoms with van der Waals surface area (Å²) in [6, 6.07) is 21.5. The standard InChI is InChI=1S/C27H26N4O2/c1-17-12-13-18(2)25(14-17)31-19(3)15-22(20(31)4)16-28-30-27(33)26(32)29-24-11-7-9-21-8-5-6-10-23(21)24/h5-16H,1-4H3,(H,29,32)(H,30,33)/b28-16-. The Hall–Kier alpha value is -4.19. The van der Waals surface area contributed by atoms with E-state index in [-0.39, 0.29) is 0 Å². The number of benzene rings is 3. The van der Waals surface area contributed by atoms with E-state index in [1.54, 1.807) is 12.3 Å². The number of amides is 2. The molecule has 2 amide bonds. The van der Waals surface area contributed by atoms with Crippen LogP contribution in [0.4, 0.5) is 5.69 Å². The fourth-order valence-corrected chi connectivity index (χ4v) is 3.97. The lowest BCUT2D eigenvalue weighted by Crippen LogP contribution is -2.32. The maximum absolute atomic E-state index is 12.4. The van der Waals surface area contributed by atoms with Gasteiger partial charge in [0.1, 0.15) is 0 Å². The number of hydrazone groups is 1. The van der Waals surface area contributed by atoms with Crippen molar-refractivity contribution in [1.82, 2.24) is 9.99 Å². The summed E-state index contributed by atoms with van der Waals surface area (Å²) >= 11 is 0. The maximum Gasteiger partial charge on any atom is 0.329 e. The summed E-state index contributed by atoms with van der Waals surface area (Å²) in [5.41, 5.74) is 9.29. The molecule has 4 aromatic rings. The van der Waals surface area contributed by atoms with Crippen LogP contribution in [-0.4, -0.2) is 22.6 Å². The number of hydrogen-bond acceptors (Lipinski definition) is 3. The van der Waals surface area contributed by atoms with Gasteiger partial charge in [0, 0.05) is 33.7 Å². The molecule has 0 spiro atoms. The molecule has 0 aliphatic rings. The molecule has 0 aliphatic carbocycles. The van der Waals surface area contributed by atoms with Gasteiger partial charge in [-0.3, -0.25) is 9.59 Å². The van der Waals surface area contributed by atoms with Crippen LogP contribution in [0.15, 0.2) is 71.8 Å². The Kier molecular flexibility index (Phi) is 6.09. The molecule has 0 bridgehead atoms. The third kappa shape index (κ3) is 4.55. The molecule has 0 aliphatic heterocycles. The van der Waals surface area contributed by atoms with E-state index in [1.807, 2.05) is 56.3 Å². The third-order valence-electron chi connectivity index (χ3n) is 5.69. The van der Waals surface area contributed by atoms with Crippen molar-refractivity contribution < 1.29 is 9.59 Å². The number of anilines is 1. The van der Waals surface area contributed by atoms with Gasteiger partial charge in [-0.05, 0) is 62.4 Å². The summed E-state index contributed by atoms with van der Waals surface area (Å²) in [5, 5.41) is 8.52. The van der Waals surface area contributed by atoms with Crippen LogP contribution in [-0.2, 0) is 9.59 Å². The Balaban J connectivity index is 1.47. The van der Waals surface area contributed by atoms with Crippen LogP contribution in [0.5, 0.6) is 0 Å². The predicted octanol–water partition coefficient (Wildman–Crippen LogP) is 4.95. The van der Waals surface area contributed by atoms with Crippen LogP contribution in [0.3, 0.4) is 0 Å². The predicted molar refractivity (Wildman–Crippen MR) is 133 cm³/mol. The molecule has 6 heteroatoms. The maximum atomic E-state index is 12.4. The molecule has 1 heterocycles. The molecule has 0 fully saturated rings. The smallest absolute Gasteiger partial charge is 0.318 e. The Morgan fingerprint density at radius 1 is 0.879 bits per heavy atom. The van der Waals surface area contributed by atoms with Gasteiger partial charge < -0.3 is 9.88 Å². The van der Waals surface area contributed by atoms with Crippen LogP contribution >= 0.6 is 0 Å². The summed E-state index contributed by atoms with van der Waals surface area (Å²) in [6.45, 7) is 8.18. The number of nitrogens with zero attached hydrogens (tertiary/aromatic N) is 2. The molecule has 1 aromatic heterocycles. The molecule has 33 heavy (non-hydrogen) atoms. The Morgan fingerprint density at radius 2 is 1.64 bits per heavy atom. The van der Waals surface area contributed by atoms with Gasteiger partial charge in [0.15, 0.2) is 0 Å². The fourth-order valence-electron chi connectivity index (χ4n) is 3.97. The van der Waals surface area contributed by atoms with Gasteiger partial charge in [-0.15, -0.1) is 0 Å². The molecule has 4 rings (SSSR count). The number of rotatable bonds is 4. The topological polar surface area (TPSA) is 75.5 Å². The Bertz CT molecular complexity index is 1390. The third-order valence-corrected chi connectivity index (χ3v) is 5.69. The van der Waals surface area contributed by atoms with Crippen molar-refractivity contribution in [2.24, 2.45) is 5.10 Å². The van der Waals surface area contributed by atoms with Crippen LogP contribution in [0.25, 0.3) is 16.5 Å². The Morgan fingerprint density at radius 3 is 2.45 bits per heavy atom. The first-order valence-corrected chi connectivity index (χ1v) is 10.7. The monoisotopic (exact) mass is 438 g/mol. The first kappa shape index (κ1) is 22.0. The van der Waals surface area contributed by atoms with Gasteiger partial charge in [-0.25, -0.2) is 5.43 Å². The zero-order valence-corrected chi connectivity index (χ0v) is 19.1. The van der Waals surface area contributed by atoms with E-state index in [1.165, 1.54) is 11.1 Å². The first-order chi connectivity index (χ1) is 15.8. The number of hydrogen-bond donors (Lipinski definition) is 2. The molecule has 6 nitrogen and oxygen atoms in total. The SMILES string of the molecule is Cc1ccc(C)c(-n2c(C)cc(/C=N\NC(=O)C(=O)Nc3cccc4ccccc34)c2C)c1. The molecule has 2 N–H and O–H groups in total. The van der Waals surface area contributed by atoms with Gasteiger partial charge in [0.2, 0.25) is 0 Å². The van der Waals surface area contributed by atoms with E-state index in [4.69, 9.17) is 0 Å². The number of aromatic nitrogens is 1. The van der Waals surface area contributed by atoms with Gasteiger partial charge >= 0.3 is 11.8 Å². The van der Waals surface area contributed by atoms with Gasteiger partial charge in [-0.1, -0.05) is 48.5 Å². The molecule has 3 aromatic carbocycles. The average Bonchev–Trinajstić information content (AvgIpc) is 3.08. The molecule has 0 atom stereocenters. The summed E-state index contributed by atoms with van der Waals surface area (Å²) < 4.78 is 2.17. The number of carbonyl (C=O) groups excluding carboxylic acids is 2. The van der Waals surface area contributed by atoms with Crippen LogP contribution < -0.4 is 10.7 Å². The first-order valence-electron chi connectivity index (χ1n) is 10.7. The second kappa shape index (κ2) is 9.12. The summed E-state index contributed by atoms with van der Waals surface area (Å²) in [4.78, 5) is 24.7. The molecule has 0 radical (unpaired) electrons. The van der Waals surface area contributed by atoms with Gasteiger partial charge in [0.25, 0.3) is 0 Å². The lowest BCUT2D eigenvalue weighted by atomic mass is 10.1. The largest absolute Gasteiger partial charge is 0.329 e. The number of aryl methyl sites for hydroxylation is 3. The van der Waals surface area contributed by atoms with Crippen LogP contribution in [0.2, 0.25) is 0 Å². The minimum Gasteiger partial charge on any atom is -0.318 e. The number of nitrogens with one attached hydrogen (secondary N) is 2. The lowest BCUT2D eigenvalue weighted by molar-refractivity contribution is -0.136. The second-order valence-corrected chi connectivity index (χ2v) is 8.13. The van der Waals surface area contributed by atoms with Crippen molar-refractivity contribution >= 4 is 34.5 Å². The van der Waals surface area contributed by atoms with E-state index in [0.29, 0.717) is 5.69 Å². The highest BCUT2D eigenvalue weighted by atomic mass is 16.2. The normalized spacial score (nSPS) is 11.2. The zero-order valence-electron chi connectivity index (χ0n) is 19.1. The quantitative estimate of drug-likeness (QED) is 0.269. The van der Waals surface area contributed by atoms with E-state index in [0.717, 1.165) is 33.4 Å². The fraction of sp³-hybridized carbons (Fsp3) is 0.148. The molecule has 0 saturated carbocycles. The van der Waals surface area contributed by atoms with E-state index >= 15 is 0 Å². The van der Waals surface area contributed by atoms with Gasteiger partial charge in [0.05, 0.1) is 6.21 Å². The molecule has 0 unspecified atom stereocenters. The molecule has 0 saturated heterocycles. The lowest BCUT2D eigenvalue weighted by Gasteiger charge is -2.13. The van der Waals surface area contributed by atoms with E-state index < -0.39 is 11.8 Å². The molecular weight excluding hydrogens is 412 g/mol. The highest BCUT2D eigenvalue weighted by Crippen LogP contribution is 2.24. The molecule has 166 valence electrons. The minimum atomic E-state index is -0.831. The summed E-state index contributed by atoms with van der Waals surface area (Å²) in [6.07, 6.45) is 1.56. The average molecular weight is 439 g/mol. The highest BCUT2D eigenvalue weighted by Gasteiger charge is 2.15. The summed E-state index contributed by atoms with van der Waals surface area (Å²) in [5.74, 6) is -1.60. The van der Waals surface area contributed by atoms with Crippen molar-refractivity contribution in [1.29, 1.82) is 0 Å². The minimum absolute atomic E-state index is 0.578. The van der Waals surface area contributed by atoms with Crippen LogP contribution in [0, 0.1) is 27.7 Å². The van der Waals surface area contributed by atoms with Crippen molar-refractivity contribution in [2.75, 3.05) is 5.32 Å². The van der Waals surface area contributed by atoms with Gasteiger partial charge in [-0.2, -0.15) is 5.10 Å². The highest BCUT2D eigenvalue weighted by molar-refractivity contribution is 6.40. The van der Waals surface area contributed by atoms with E-state index in [2.05, 4.69) is 52.5 Å². The zero-order chi connectivity index (χ0) is 23.5.